The van der Waals surface area contributed by atoms with Crippen LogP contribution in [0.2, 0.25) is 0 Å². The van der Waals surface area contributed by atoms with E-state index in [1.165, 1.54) is 40.6 Å². The Labute approximate surface area is 240 Å². The van der Waals surface area contributed by atoms with Crippen LogP contribution < -0.4 is 5.32 Å². The predicted octanol–water partition coefficient (Wildman–Crippen LogP) is 6.93. The summed E-state index contributed by atoms with van der Waals surface area (Å²) in [4.78, 5) is 27.9. The molecule has 0 unspecified atom stereocenters. The van der Waals surface area contributed by atoms with Gasteiger partial charge in [-0.15, -0.1) is 39.4 Å². The molecule has 1 aromatic carbocycles. The minimum absolute atomic E-state index is 0.131. The van der Waals surface area contributed by atoms with E-state index in [0.717, 1.165) is 58.6 Å². The van der Waals surface area contributed by atoms with Gasteiger partial charge in [0.2, 0.25) is 5.91 Å². The lowest BCUT2D eigenvalue weighted by molar-refractivity contribution is -0.113. The van der Waals surface area contributed by atoms with Crippen LogP contribution in [0.1, 0.15) is 44.1 Å². The number of nitrogens with one attached hydrogen (secondary N) is 1. The number of hydrogen-bond donors (Lipinski definition) is 1. The lowest BCUT2D eigenvalue weighted by Gasteiger charge is -2.12. The van der Waals surface area contributed by atoms with E-state index in [4.69, 9.17) is 4.74 Å². The number of allylic oxidation sites excluding steroid dienone is 1. The number of rotatable bonds is 9. The number of amides is 1. The van der Waals surface area contributed by atoms with Crippen molar-refractivity contribution in [3.8, 4) is 22.5 Å². The standard InChI is InChI=1S/C29H30N4O3S3/c1-5-14-33-26(21-15-37-18(3)24(21)19-12-10-17(2)11-13-19)31-32-29(33)38-16-23(34)30-27-25(28(35)36-4)20-8-6-7-9-22(20)39-27/h5,10-13,15H,1,6-9,14,16H2,2-4H3,(H,30,34). The number of nitrogens with zero attached hydrogens (tertiary/aromatic N) is 3. The summed E-state index contributed by atoms with van der Waals surface area (Å²) in [6, 6.07) is 8.49. The zero-order chi connectivity index (χ0) is 27.5. The molecule has 1 aliphatic carbocycles. The van der Waals surface area contributed by atoms with Gasteiger partial charge in [-0.1, -0.05) is 47.7 Å². The molecule has 4 aromatic rings. The SMILES string of the molecule is C=CCn1c(SCC(=O)Nc2sc3c(c2C(=O)OC)CCCC3)nnc1-c1csc(C)c1-c1ccc(C)cc1. The Bertz CT molecular complexity index is 1530. The Morgan fingerprint density at radius 1 is 1.18 bits per heavy atom. The van der Waals surface area contributed by atoms with Crippen LogP contribution in [0.3, 0.4) is 0 Å². The van der Waals surface area contributed by atoms with Crippen molar-refractivity contribution in [3.63, 3.8) is 0 Å². The van der Waals surface area contributed by atoms with Crippen molar-refractivity contribution in [1.82, 2.24) is 14.8 Å². The fourth-order valence-electron chi connectivity index (χ4n) is 4.85. The number of thioether (sulfide) groups is 1. The number of fused-ring (bicyclic) bond motifs is 1. The maximum Gasteiger partial charge on any atom is 0.341 e. The van der Waals surface area contributed by atoms with Crippen molar-refractivity contribution in [3.05, 3.63) is 68.7 Å². The van der Waals surface area contributed by atoms with Crippen molar-refractivity contribution >= 4 is 51.3 Å². The highest BCUT2D eigenvalue weighted by Gasteiger charge is 2.27. The molecule has 1 N–H and O–H groups in total. The number of methoxy groups -OCH3 is 1. The maximum absolute atomic E-state index is 13.0. The van der Waals surface area contributed by atoms with Crippen molar-refractivity contribution < 1.29 is 14.3 Å². The van der Waals surface area contributed by atoms with Gasteiger partial charge in [0.15, 0.2) is 11.0 Å². The third-order valence-electron chi connectivity index (χ3n) is 6.73. The lowest BCUT2D eigenvalue weighted by atomic mass is 9.95. The van der Waals surface area contributed by atoms with E-state index in [-0.39, 0.29) is 11.7 Å². The molecule has 0 atom stereocenters. The van der Waals surface area contributed by atoms with Crippen molar-refractivity contribution in [2.45, 2.75) is 51.2 Å². The minimum atomic E-state index is -0.400. The van der Waals surface area contributed by atoms with E-state index >= 15 is 0 Å². The topological polar surface area (TPSA) is 86.1 Å². The Morgan fingerprint density at radius 3 is 2.69 bits per heavy atom. The number of esters is 1. The number of carbonyl (C=O) groups is 2. The van der Waals surface area contributed by atoms with E-state index in [2.05, 4.69) is 65.6 Å². The van der Waals surface area contributed by atoms with Crippen LogP contribution >= 0.6 is 34.4 Å². The van der Waals surface area contributed by atoms with Gasteiger partial charge in [-0.25, -0.2) is 4.79 Å². The number of benzene rings is 1. The monoisotopic (exact) mass is 578 g/mol. The second-order valence-electron chi connectivity index (χ2n) is 9.40. The molecule has 1 aliphatic rings. The highest BCUT2D eigenvalue weighted by molar-refractivity contribution is 7.99. The van der Waals surface area contributed by atoms with Gasteiger partial charge < -0.3 is 10.1 Å². The maximum atomic E-state index is 13.0. The average molecular weight is 579 g/mol. The molecule has 0 bridgehead atoms. The number of ether oxygens (including phenoxy) is 1. The van der Waals surface area contributed by atoms with Gasteiger partial charge in [0.05, 0.1) is 18.4 Å². The summed E-state index contributed by atoms with van der Waals surface area (Å²) >= 11 is 4.48. The van der Waals surface area contributed by atoms with Crippen LogP contribution in [0, 0.1) is 13.8 Å². The third-order valence-corrected chi connectivity index (χ3v) is 9.82. The molecular weight excluding hydrogens is 549 g/mol. The Hall–Kier alpha value is -3.21. The van der Waals surface area contributed by atoms with Crippen molar-refractivity contribution in [1.29, 1.82) is 0 Å². The summed E-state index contributed by atoms with van der Waals surface area (Å²) in [5.41, 5.74) is 6.02. The van der Waals surface area contributed by atoms with Crippen LogP contribution in [-0.2, 0) is 28.9 Å². The van der Waals surface area contributed by atoms with Crippen molar-refractivity contribution in [2.75, 3.05) is 18.2 Å². The summed E-state index contributed by atoms with van der Waals surface area (Å²) in [6.07, 6.45) is 5.69. The van der Waals surface area contributed by atoms with Gasteiger partial charge in [0, 0.05) is 32.8 Å². The molecule has 3 heterocycles. The lowest BCUT2D eigenvalue weighted by Crippen LogP contribution is -2.17. The summed E-state index contributed by atoms with van der Waals surface area (Å²) in [5, 5.41) is 15.3. The predicted molar refractivity (Wildman–Crippen MR) is 160 cm³/mol. The quantitative estimate of drug-likeness (QED) is 0.132. The van der Waals surface area contributed by atoms with Gasteiger partial charge in [-0.2, -0.15) is 0 Å². The first-order chi connectivity index (χ1) is 18.9. The number of hydrogen-bond acceptors (Lipinski definition) is 8. The first-order valence-corrected chi connectivity index (χ1v) is 15.4. The van der Waals surface area contributed by atoms with E-state index in [0.29, 0.717) is 22.3 Å². The minimum Gasteiger partial charge on any atom is -0.465 e. The normalized spacial score (nSPS) is 12.7. The molecular formula is C29H30N4O3S3. The van der Waals surface area contributed by atoms with Gasteiger partial charge in [0.1, 0.15) is 5.00 Å². The molecule has 0 spiro atoms. The largest absolute Gasteiger partial charge is 0.465 e. The second-order valence-corrected chi connectivity index (χ2v) is 12.5. The van der Waals surface area contributed by atoms with Crippen LogP contribution in [-0.4, -0.2) is 39.5 Å². The molecule has 7 nitrogen and oxygen atoms in total. The third kappa shape index (κ3) is 5.59. The van der Waals surface area contributed by atoms with Gasteiger partial charge in [-0.05, 0) is 50.7 Å². The summed E-state index contributed by atoms with van der Waals surface area (Å²) in [7, 11) is 1.37. The summed E-state index contributed by atoms with van der Waals surface area (Å²) in [5.74, 6) is 0.274. The van der Waals surface area contributed by atoms with Crippen LogP contribution in [0.5, 0.6) is 0 Å². The average Bonchev–Trinajstić information content (AvgIpc) is 3.62. The van der Waals surface area contributed by atoms with Crippen molar-refractivity contribution in [2.24, 2.45) is 0 Å². The zero-order valence-electron chi connectivity index (χ0n) is 22.2. The molecule has 1 amide bonds. The van der Waals surface area contributed by atoms with E-state index < -0.39 is 5.97 Å². The number of aryl methyl sites for hydroxylation is 3. The Balaban J connectivity index is 1.37. The summed E-state index contributed by atoms with van der Waals surface area (Å²) in [6.45, 7) is 8.62. The first kappa shape index (κ1) is 27.4. The zero-order valence-corrected chi connectivity index (χ0v) is 24.7. The summed E-state index contributed by atoms with van der Waals surface area (Å²) < 4.78 is 7.02. The molecule has 0 fully saturated rings. The molecule has 3 aromatic heterocycles. The Kier molecular flexibility index (Phi) is 8.34. The van der Waals surface area contributed by atoms with Gasteiger partial charge in [-0.3, -0.25) is 9.36 Å². The molecule has 0 saturated carbocycles. The molecule has 39 heavy (non-hydrogen) atoms. The van der Waals surface area contributed by atoms with Crippen LogP contribution in [0.15, 0.2) is 47.5 Å². The Morgan fingerprint density at radius 2 is 1.95 bits per heavy atom. The van der Waals surface area contributed by atoms with Crippen LogP contribution in [0.25, 0.3) is 22.5 Å². The van der Waals surface area contributed by atoms with Crippen LogP contribution in [0.4, 0.5) is 5.00 Å². The molecule has 5 rings (SSSR count). The highest BCUT2D eigenvalue weighted by Crippen LogP contribution is 2.40. The fourth-order valence-corrected chi connectivity index (χ4v) is 7.76. The number of carbonyl (C=O) groups excluding carboxylic acids is 2. The first-order valence-electron chi connectivity index (χ1n) is 12.8. The highest BCUT2D eigenvalue weighted by atomic mass is 32.2. The number of thiophene rings is 2. The molecule has 10 heteroatoms. The number of aromatic nitrogens is 3. The molecule has 0 saturated heterocycles. The van der Waals surface area contributed by atoms with E-state index in [1.54, 1.807) is 17.4 Å². The second kappa shape index (κ2) is 11.9. The van der Waals surface area contributed by atoms with E-state index in [9.17, 15) is 9.59 Å². The van der Waals surface area contributed by atoms with E-state index in [1.807, 2.05) is 4.57 Å². The van der Waals surface area contributed by atoms with Gasteiger partial charge >= 0.3 is 5.97 Å². The molecule has 202 valence electrons. The smallest absolute Gasteiger partial charge is 0.341 e. The fraction of sp³-hybridized carbons (Fsp3) is 0.310. The molecule has 0 radical (unpaired) electrons. The molecule has 0 aliphatic heterocycles. The number of anilines is 1. The van der Waals surface area contributed by atoms with Gasteiger partial charge in [0.25, 0.3) is 0 Å².